The molecule has 2 aromatic rings. The highest BCUT2D eigenvalue weighted by atomic mass is 32.2. The molecule has 0 aromatic heterocycles. The number of benzene rings is 2. The Morgan fingerprint density at radius 2 is 1.86 bits per heavy atom. The summed E-state index contributed by atoms with van der Waals surface area (Å²) in [6.07, 6.45) is 1.57. The quantitative estimate of drug-likeness (QED) is 0.728. The number of amides is 2. The van der Waals surface area contributed by atoms with Crippen LogP contribution < -0.4 is 10.5 Å². The van der Waals surface area contributed by atoms with Crippen LogP contribution in [0, 0.1) is 5.82 Å². The van der Waals surface area contributed by atoms with Crippen molar-refractivity contribution < 1.29 is 22.4 Å². The van der Waals surface area contributed by atoms with Crippen LogP contribution >= 0.6 is 0 Å². The Morgan fingerprint density at radius 1 is 1.18 bits per heavy atom. The van der Waals surface area contributed by atoms with E-state index in [0.29, 0.717) is 0 Å². The third-order valence-electron chi connectivity index (χ3n) is 4.43. The van der Waals surface area contributed by atoms with Gasteiger partial charge in [0.15, 0.2) is 0 Å². The van der Waals surface area contributed by atoms with Crippen LogP contribution in [0.4, 0.5) is 4.39 Å². The molecule has 9 heteroatoms. The molecule has 2 amide bonds. The second-order valence-corrected chi connectivity index (χ2v) is 8.41. The molecule has 1 atom stereocenters. The summed E-state index contributed by atoms with van der Waals surface area (Å²) >= 11 is 0. The maximum absolute atomic E-state index is 13.5. The van der Waals surface area contributed by atoms with Crippen LogP contribution in [-0.4, -0.2) is 38.2 Å². The van der Waals surface area contributed by atoms with Crippen molar-refractivity contribution in [3.05, 3.63) is 65.5 Å². The Balaban J connectivity index is 1.89. The lowest BCUT2D eigenvalue weighted by atomic mass is 10.0. The van der Waals surface area contributed by atoms with Crippen LogP contribution in [0.25, 0.3) is 0 Å². The average molecular weight is 405 g/mol. The molecular weight excluding hydrogens is 385 g/mol. The molecule has 3 N–H and O–H groups in total. The predicted octanol–water partition coefficient (Wildman–Crippen LogP) is 1.56. The maximum atomic E-state index is 13.5. The van der Waals surface area contributed by atoms with Crippen LogP contribution in [0.15, 0.2) is 53.4 Å². The molecule has 148 valence electrons. The molecule has 0 heterocycles. The van der Waals surface area contributed by atoms with Gasteiger partial charge in [-0.15, -0.1) is 0 Å². The van der Waals surface area contributed by atoms with Gasteiger partial charge in [-0.3, -0.25) is 9.59 Å². The van der Waals surface area contributed by atoms with Crippen molar-refractivity contribution in [2.24, 2.45) is 5.73 Å². The average Bonchev–Trinajstić information content (AvgIpc) is 3.44. The van der Waals surface area contributed by atoms with Crippen molar-refractivity contribution >= 4 is 21.8 Å². The number of hydrogen-bond donors (Lipinski definition) is 2. The Kier molecular flexibility index (Phi) is 5.48. The highest BCUT2D eigenvalue weighted by molar-refractivity contribution is 7.89. The normalized spacial score (nSPS) is 15.1. The van der Waals surface area contributed by atoms with E-state index >= 15 is 0 Å². The number of nitrogens with two attached hydrogens (primary N) is 1. The fourth-order valence-electron chi connectivity index (χ4n) is 2.86. The lowest BCUT2D eigenvalue weighted by molar-refractivity contribution is -0.122. The number of sulfonamides is 1. The maximum Gasteiger partial charge on any atom is 0.254 e. The van der Waals surface area contributed by atoms with Crippen molar-refractivity contribution in [1.29, 1.82) is 0 Å². The monoisotopic (exact) mass is 405 g/mol. The molecular formula is C19H20FN3O4S. The molecule has 2 aromatic carbocycles. The fraction of sp³-hybridized carbons (Fsp3) is 0.263. The van der Waals surface area contributed by atoms with E-state index in [-0.39, 0.29) is 22.1 Å². The second-order valence-electron chi connectivity index (χ2n) is 6.70. The van der Waals surface area contributed by atoms with E-state index in [2.05, 4.69) is 4.72 Å². The number of rotatable bonds is 7. The minimum atomic E-state index is -3.74. The van der Waals surface area contributed by atoms with Crippen LogP contribution in [0.5, 0.6) is 0 Å². The van der Waals surface area contributed by atoms with Gasteiger partial charge in [0, 0.05) is 18.7 Å². The minimum Gasteiger partial charge on any atom is -0.368 e. The summed E-state index contributed by atoms with van der Waals surface area (Å²) in [6.45, 7) is 0. The first-order valence-corrected chi connectivity index (χ1v) is 10.1. The summed E-state index contributed by atoms with van der Waals surface area (Å²) in [5, 5.41) is 0. The van der Waals surface area contributed by atoms with E-state index in [1.54, 1.807) is 0 Å². The number of carbonyl (C=O) groups excluding carboxylic acids is 2. The van der Waals surface area contributed by atoms with Crippen molar-refractivity contribution in [1.82, 2.24) is 9.62 Å². The third kappa shape index (κ3) is 4.37. The molecule has 1 unspecified atom stereocenters. The number of nitrogens with zero attached hydrogens (tertiary/aromatic N) is 1. The predicted molar refractivity (Wildman–Crippen MR) is 100 cm³/mol. The van der Waals surface area contributed by atoms with Gasteiger partial charge in [0.2, 0.25) is 15.9 Å². The van der Waals surface area contributed by atoms with Gasteiger partial charge < -0.3 is 10.6 Å². The van der Waals surface area contributed by atoms with Crippen molar-refractivity contribution in [2.45, 2.75) is 29.8 Å². The van der Waals surface area contributed by atoms with Gasteiger partial charge >= 0.3 is 0 Å². The smallest absolute Gasteiger partial charge is 0.254 e. The number of hydrogen-bond acceptors (Lipinski definition) is 4. The van der Waals surface area contributed by atoms with E-state index < -0.39 is 33.7 Å². The van der Waals surface area contributed by atoms with Crippen molar-refractivity contribution in [3.8, 4) is 0 Å². The first-order valence-electron chi connectivity index (χ1n) is 8.63. The van der Waals surface area contributed by atoms with Crippen molar-refractivity contribution in [3.63, 3.8) is 0 Å². The van der Waals surface area contributed by atoms with Crippen molar-refractivity contribution in [2.75, 3.05) is 7.05 Å². The zero-order valence-electron chi connectivity index (χ0n) is 15.1. The topological polar surface area (TPSA) is 110 Å². The molecule has 3 rings (SSSR count). The largest absolute Gasteiger partial charge is 0.368 e. The molecule has 0 aliphatic heterocycles. The highest BCUT2D eigenvalue weighted by Crippen LogP contribution is 2.25. The highest BCUT2D eigenvalue weighted by Gasteiger charge is 2.30. The van der Waals surface area contributed by atoms with Crippen LogP contribution in [0.2, 0.25) is 0 Å². The van der Waals surface area contributed by atoms with Gasteiger partial charge in [-0.05, 0) is 48.7 Å². The van der Waals surface area contributed by atoms with Gasteiger partial charge in [-0.25, -0.2) is 17.5 Å². The Hall–Kier alpha value is -2.78. The molecule has 1 saturated carbocycles. The first-order chi connectivity index (χ1) is 13.2. The van der Waals surface area contributed by atoms with Crippen LogP contribution in [0.1, 0.15) is 34.8 Å². The van der Waals surface area contributed by atoms with Gasteiger partial charge in [-0.2, -0.15) is 0 Å². The van der Waals surface area contributed by atoms with E-state index in [9.17, 15) is 22.4 Å². The Bertz CT molecular complexity index is 1020. The van der Waals surface area contributed by atoms with E-state index in [0.717, 1.165) is 23.8 Å². The molecule has 1 fully saturated rings. The summed E-state index contributed by atoms with van der Waals surface area (Å²) in [5.74, 6) is -2.01. The molecule has 28 heavy (non-hydrogen) atoms. The summed E-state index contributed by atoms with van der Waals surface area (Å²) in [5.41, 5.74) is 5.73. The zero-order chi connectivity index (χ0) is 20.5. The number of carbonyl (C=O) groups is 2. The molecule has 0 spiro atoms. The number of halogens is 1. The third-order valence-corrected chi connectivity index (χ3v) is 5.95. The number of nitrogens with one attached hydrogen (secondary N) is 1. The molecule has 7 nitrogen and oxygen atoms in total. The summed E-state index contributed by atoms with van der Waals surface area (Å²) in [7, 11) is -2.38. The summed E-state index contributed by atoms with van der Waals surface area (Å²) < 4.78 is 40.8. The lowest BCUT2D eigenvalue weighted by Gasteiger charge is -2.26. The Morgan fingerprint density at radius 3 is 2.46 bits per heavy atom. The molecule has 1 aliphatic rings. The van der Waals surface area contributed by atoms with Gasteiger partial charge in [0.1, 0.15) is 11.9 Å². The molecule has 0 radical (unpaired) electrons. The van der Waals surface area contributed by atoms with E-state index in [1.807, 2.05) is 0 Å². The minimum absolute atomic E-state index is 0.0416. The number of likely N-dealkylation sites (N-methyl/N-ethyl adjacent to an activating group) is 1. The van der Waals surface area contributed by atoms with Gasteiger partial charge in [0.25, 0.3) is 5.91 Å². The summed E-state index contributed by atoms with van der Waals surface area (Å²) in [6, 6.07) is 9.49. The first kappa shape index (κ1) is 20.0. The van der Waals surface area contributed by atoms with E-state index in [4.69, 9.17) is 5.73 Å². The van der Waals surface area contributed by atoms with E-state index in [1.165, 1.54) is 49.5 Å². The standard InChI is InChI=1S/C19H20FN3O4S/c1-23(17(18(21)24)12-4-2-6-14(20)10-12)19(25)13-5-3-7-16(11-13)28(26,27)22-15-8-9-15/h2-7,10-11,15,17,22H,8-9H2,1H3,(H2,21,24). The Labute approximate surface area is 162 Å². The molecule has 1 aliphatic carbocycles. The number of primary amides is 1. The SMILES string of the molecule is CN(C(=O)c1cccc(S(=O)(=O)NC2CC2)c1)C(C(N)=O)c1cccc(F)c1. The fourth-order valence-corrected chi connectivity index (χ4v) is 4.21. The van der Waals surface area contributed by atoms with Gasteiger partial charge in [-0.1, -0.05) is 18.2 Å². The van der Waals surface area contributed by atoms with Gasteiger partial charge in [0.05, 0.1) is 4.90 Å². The molecule has 0 bridgehead atoms. The van der Waals surface area contributed by atoms with Crippen LogP contribution in [-0.2, 0) is 14.8 Å². The second kappa shape index (κ2) is 7.69. The summed E-state index contributed by atoms with van der Waals surface area (Å²) in [4.78, 5) is 25.8. The lowest BCUT2D eigenvalue weighted by Crippen LogP contribution is -2.39. The van der Waals surface area contributed by atoms with Crippen LogP contribution in [0.3, 0.4) is 0 Å². The molecule has 0 saturated heterocycles. The zero-order valence-corrected chi connectivity index (χ0v) is 15.9.